The molecular weight excluding hydrogens is 436 g/mol. The Morgan fingerprint density at radius 2 is 1.73 bits per heavy atom. The number of rotatable bonds is 9. The van der Waals surface area contributed by atoms with Gasteiger partial charge in [0.2, 0.25) is 5.91 Å². The summed E-state index contributed by atoms with van der Waals surface area (Å²) in [5.74, 6) is -0.402. The third-order valence-corrected chi connectivity index (χ3v) is 5.66. The topological polar surface area (TPSA) is 84.5 Å². The lowest BCUT2D eigenvalue weighted by Crippen LogP contribution is -2.41. The van der Waals surface area contributed by atoms with E-state index in [1.807, 2.05) is 48.7 Å². The zero-order chi connectivity index (χ0) is 23.6. The molecule has 0 saturated carbocycles. The number of thioether (sulfide) groups is 1. The molecule has 0 aromatic heterocycles. The summed E-state index contributed by atoms with van der Waals surface area (Å²) in [6.45, 7) is 0. The van der Waals surface area contributed by atoms with Gasteiger partial charge in [-0.2, -0.15) is 11.8 Å². The molecule has 0 unspecified atom stereocenters. The van der Waals surface area contributed by atoms with Gasteiger partial charge in [-0.15, -0.1) is 0 Å². The van der Waals surface area contributed by atoms with Gasteiger partial charge in [0, 0.05) is 17.3 Å². The highest BCUT2D eigenvalue weighted by Crippen LogP contribution is 2.17. The average molecular weight is 463 g/mol. The number of hydrogen-bond acceptors (Lipinski definition) is 5. The number of benzene rings is 3. The first-order valence-electron chi connectivity index (χ1n) is 10.5. The highest BCUT2D eigenvalue weighted by atomic mass is 32.2. The van der Waals surface area contributed by atoms with Crippen molar-refractivity contribution in [1.82, 2.24) is 5.32 Å². The van der Waals surface area contributed by atoms with Gasteiger partial charge in [0.25, 0.3) is 5.91 Å². The van der Waals surface area contributed by atoms with E-state index in [0.29, 0.717) is 17.7 Å². The van der Waals surface area contributed by atoms with Crippen molar-refractivity contribution in [2.75, 3.05) is 24.4 Å². The highest BCUT2D eigenvalue weighted by molar-refractivity contribution is 7.98. The van der Waals surface area contributed by atoms with E-state index in [1.54, 1.807) is 42.1 Å². The van der Waals surface area contributed by atoms with Crippen LogP contribution in [0.1, 0.15) is 22.3 Å². The van der Waals surface area contributed by atoms with E-state index in [1.165, 1.54) is 13.2 Å². The van der Waals surface area contributed by atoms with Gasteiger partial charge in [-0.1, -0.05) is 36.4 Å². The number of esters is 1. The fourth-order valence-electron chi connectivity index (χ4n) is 3.24. The molecule has 3 aromatic rings. The SMILES string of the molecule is COC(=O)[C@H](CCSC)NC(=O)c1ccc(NC(=O)/C=C/c2ccc3ccccc3c2)cc1. The lowest BCUT2D eigenvalue weighted by molar-refractivity contribution is -0.142. The quantitative estimate of drug-likeness (QED) is 0.361. The van der Waals surface area contributed by atoms with Gasteiger partial charge in [0.15, 0.2) is 0 Å². The molecule has 1 atom stereocenters. The molecule has 0 heterocycles. The second-order valence-electron chi connectivity index (χ2n) is 7.34. The lowest BCUT2D eigenvalue weighted by atomic mass is 10.1. The van der Waals surface area contributed by atoms with Crippen molar-refractivity contribution >= 4 is 52.1 Å². The molecule has 6 nitrogen and oxygen atoms in total. The molecule has 170 valence electrons. The van der Waals surface area contributed by atoms with Gasteiger partial charge < -0.3 is 15.4 Å². The van der Waals surface area contributed by atoms with E-state index < -0.39 is 12.0 Å². The van der Waals surface area contributed by atoms with Crippen molar-refractivity contribution in [2.45, 2.75) is 12.5 Å². The number of methoxy groups -OCH3 is 1. The van der Waals surface area contributed by atoms with E-state index in [9.17, 15) is 14.4 Å². The number of carbonyl (C=O) groups excluding carboxylic acids is 3. The zero-order valence-corrected chi connectivity index (χ0v) is 19.4. The Kier molecular flexibility index (Phi) is 8.66. The molecule has 33 heavy (non-hydrogen) atoms. The van der Waals surface area contributed by atoms with Crippen LogP contribution in [0.5, 0.6) is 0 Å². The molecular formula is C26H26N2O4S. The van der Waals surface area contributed by atoms with Crippen LogP contribution in [0, 0.1) is 0 Å². The van der Waals surface area contributed by atoms with E-state index >= 15 is 0 Å². The third-order valence-electron chi connectivity index (χ3n) is 5.02. The molecule has 2 amide bonds. The van der Waals surface area contributed by atoms with Crippen molar-refractivity contribution in [1.29, 1.82) is 0 Å². The van der Waals surface area contributed by atoms with Crippen molar-refractivity contribution in [3.05, 3.63) is 83.9 Å². The van der Waals surface area contributed by atoms with Crippen LogP contribution >= 0.6 is 11.8 Å². The van der Waals surface area contributed by atoms with Gasteiger partial charge in [0.05, 0.1) is 7.11 Å². The van der Waals surface area contributed by atoms with Crippen molar-refractivity contribution in [3.63, 3.8) is 0 Å². The molecule has 0 saturated heterocycles. The number of fused-ring (bicyclic) bond motifs is 1. The number of ether oxygens (including phenoxy) is 1. The fraction of sp³-hybridized carbons (Fsp3) is 0.192. The average Bonchev–Trinajstić information content (AvgIpc) is 2.85. The Hall–Kier alpha value is -3.58. The van der Waals surface area contributed by atoms with Gasteiger partial charge in [-0.05, 0) is 71.2 Å². The summed E-state index contributed by atoms with van der Waals surface area (Å²) >= 11 is 1.59. The fourth-order valence-corrected chi connectivity index (χ4v) is 3.71. The smallest absolute Gasteiger partial charge is 0.328 e. The van der Waals surface area contributed by atoms with Gasteiger partial charge in [0.1, 0.15) is 6.04 Å². The molecule has 0 radical (unpaired) electrons. The Labute approximate surface area is 197 Å². The highest BCUT2D eigenvalue weighted by Gasteiger charge is 2.21. The van der Waals surface area contributed by atoms with Crippen LogP contribution < -0.4 is 10.6 Å². The monoisotopic (exact) mass is 462 g/mol. The second-order valence-corrected chi connectivity index (χ2v) is 8.32. The van der Waals surface area contributed by atoms with E-state index in [-0.39, 0.29) is 11.8 Å². The standard InChI is InChI=1S/C26H26N2O4S/c1-32-26(31)23(15-16-33-2)28-25(30)20-10-12-22(13-11-20)27-24(29)14-8-18-7-9-19-5-3-4-6-21(19)17-18/h3-14,17,23H,15-16H2,1-2H3,(H,27,29)(H,28,30)/b14-8+/t23-/m0/s1. The van der Waals surface area contributed by atoms with Gasteiger partial charge in [-0.3, -0.25) is 9.59 Å². The summed E-state index contributed by atoms with van der Waals surface area (Å²) in [4.78, 5) is 36.7. The Morgan fingerprint density at radius 1 is 1.00 bits per heavy atom. The molecule has 3 aromatic carbocycles. The third kappa shape index (κ3) is 6.95. The zero-order valence-electron chi connectivity index (χ0n) is 18.5. The number of carbonyl (C=O) groups is 3. The van der Waals surface area contributed by atoms with Crippen LogP contribution in [-0.2, 0) is 14.3 Å². The first kappa shape index (κ1) is 24.1. The van der Waals surface area contributed by atoms with Crippen molar-refractivity contribution in [2.24, 2.45) is 0 Å². The molecule has 2 N–H and O–H groups in total. The predicted octanol–water partition coefficient (Wildman–Crippen LogP) is 4.52. The van der Waals surface area contributed by atoms with Crippen LogP contribution in [0.25, 0.3) is 16.8 Å². The summed E-state index contributed by atoms with van der Waals surface area (Å²) in [6, 6.07) is 19.8. The van der Waals surface area contributed by atoms with E-state index in [0.717, 1.165) is 22.1 Å². The largest absolute Gasteiger partial charge is 0.467 e. The number of nitrogens with one attached hydrogen (secondary N) is 2. The Morgan fingerprint density at radius 3 is 2.42 bits per heavy atom. The molecule has 0 spiro atoms. The molecule has 3 rings (SSSR count). The Bertz CT molecular complexity index is 1160. The Balaban J connectivity index is 1.58. The molecule has 7 heteroatoms. The molecule has 0 aliphatic rings. The minimum Gasteiger partial charge on any atom is -0.467 e. The normalized spacial score (nSPS) is 11.8. The first-order valence-corrected chi connectivity index (χ1v) is 11.8. The summed E-state index contributed by atoms with van der Waals surface area (Å²) in [5, 5.41) is 7.73. The van der Waals surface area contributed by atoms with Crippen LogP contribution in [-0.4, -0.2) is 42.9 Å². The molecule has 0 bridgehead atoms. The van der Waals surface area contributed by atoms with E-state index in [2.05, 4.69) is 10.6 Å². The predicted molar refractivity (Wildman–Crippen MR) is 134 cm³/mol. The lowest BCUT2D eigenvalue weighted by Gasteiger charge is -2.16. The summed E-state index contributed by atoms with van der Waals surface area (Å²) in [5.41, 5.74) is 1.88. The second kappa shape index (κ2) is 11.9. The van der Waals surface area contributed by atoms with Crippen LogP contribution in [0.2, 0.25) is 0 Å². The summed E-state index contributed by atoms with van der Waals surface area (Å²) < 4.78 is 4.77. The van der Waals surface area contributed by atoms with Gasteiger partial charge >= 0.3 is 5.97 Å². The number of hydrogen-bond donors (Lipinski definition) is 2. The minimum absolute atomic E-state index is 0.275. The molecule has 0 aliphatic carbocycles. The number of amides is 2. The van der Waals surface area contributed by atoms with Crippen LogP contribution in [0.4, 0.5) is 5.69 Å². The van der Waals surface area contributed by atoms with Gasteiger partial charge in [-0.25, -0.2) is 4.79 Å². The van der Waals surface area contributed by atoms with Crippen molar-refractivity contribution < 1.29 is 19.1 Å². The van der Waals surface area contributed by atoms with Crippen LogP contribution in [0.15, 0.2) is 72.8 Å². The maximum absolute atomic E-state index is 12.5. The molecule has 0 aliphatic heterocycles. The number of anilines is 1. The molecule has 0 fully saturated rings. The minimum atomic E-state index is -0.699. The summed E-state index contributed by atoms with van der Waals surface area (Å²) in [7, 11) is 1.30. The van der Waals surface area contributed by atoms with Crippen LogP contribution in [0.3, 0.4) is 0 Å². The first-order chi connectivity index (χ1) is 16.0. The maximum Gasteiger partial charge on any atom is 0.328 e. The van der Waals surface area contributed by atoms with E-state index in [4.69, 9.17) is 4.74 Å². The summed E-state index contributed by atoms with van der Waals surface area (Å²) in [6.07, 6.45) is 5.64. The maximum atomic E-state index is 12.5. The van der Waals surface area contributed by atoms with Crippen molar-refractivity contribution in [3.8, 4) is 0 Å².